The normalized spacial score (nSPS) is 20.2. The van der Waals surface area contributed by atoms with Crippen LogP contribution in [-0.4, -0.2) is 12.6 Å². The fourth-order valence-corrected chi connectivity index (χ4v) is 2.74. The van der Waals surface area contributed by atoms with Crippen LogP contribution in [0, 0.1) is 0 Å². The van der Waals surface area contributed by atoms with E-state index in [9.17, 15) is 0 Å². The summed E-state index contributed by atoms with van der Waals surface area (Å²) in [5.41, 5.74) is 2.32. The minimum absolute atomic E-state index is 0.540. The van der Waals surface area contributed by atoms with Crippen LogP contribution in [0.15, 0.2) is 53.5 Å². The Morgan fingerprint density at radius 1 is 1.19 bits per heavy atom. The predicted molar refractivity (Wildman–Crippen MR) is 86.2 cm³/mol. The number of ether oxygens (including phenoxy) is 1. The summed E-state index contributed by atoms with van der Waals surface area (Å²) >= 11 is 6.17. The molecular weight excluding hydrogens is 284 g/mol. The number of fused-ring (bicyclic) bond motifs is 1. The molecule has 2 aromatic carbocycles. The van der Waals surface area contributed by atoms with Gasteiger partial charge in [-0.3, -0.25) is 0 Å². The number of hydrogen-bond donors (Lipinski definition) is 1. The van der Waals surface area contributed by atoms with Gasteiger partial charge in [0.2, 0.25) is 0 Å². The molecule has 0 amide bonds. The van der Waals surface area contributed by atoms with Crippen LogP contribution in [0.25, 0.3) is 0 Å². The van der Waals surface area contributed by atoms with Crippen molar-refractivity contribution in [1.82, 2.24) is 5.32 Å². The van der Waals surface area contributed by atoms with Crippen LogP contribution in [-0.2, 0) is 10.3 Å². The van der Waals surface area contributed by atoms with Crippen LogP contribution >= 0.6 is 11.6 Å². The SMILES string of the molecule is CCNC1=Nc2ccc(Cl)cc2[C@@](C)(c2ccccc2)O1. The van der Waals surface area contributed by atoms with Crippen molar-refractivity contribution in [2.75, 3.05) is 6.54 Å². The predicted octanol–water partition coefficient (Wildman–Crippen LogP) is 4.23. The summed E-state index contributed by atoms with van der Waals surface area (Å²) in [4.78, 5) is 4.52. The Balaban J connectivity index is 2.18. The molecule has 0 aromatic heterocycles. The lowest BCUT2D eigenvalue weighted by molar-refractivity contribution is 0.106. The van der Waals surface area contributed by atoms with Crippen molar-refractivity contribution in [3.63, 3.8) is 0 Å². The third-order valence-electron chi connectivity index (χ3n) is 3.65. The summed E-state index contributed by atoms with van der Waals surface area (Å²) in [7, 11) is 0. The molecule has 0 saturated carbocycles. The van der Waals surface area contributed by atoms with Gasteiger partial charge in [-0.2, -0.15) is 4.99 Å². The maximum Gasteiger partial charge on any atom is 0.291 e. The second kappa shape index (κ2) is 5.41. The highest BCUT2D eigenvalue weighted by Crippen LogP contribution is 2.42. The van der Waals surface area contributed by atoms with Gasteiger partial charge in [-0.15, -0.1) is 0 Å². The van der Waals surface area contributed by atoms with E-state index in [-0.39, 0.29) is 0 Å². The Morgan fingerprint density at radius 3 is 2.67 bits per heavy atom. The second-order valence-corrected chi connectivity index (χ2v) is 5.55. The molecule has 1 heterocycles. The lowest BCUT2D eigenvalue weighted by Gasteiger charge is -2.36. The zero-order chi connectivity index (χ0) is 14.9. The van der Waals surface area contributed by atoms with Gasteiger partial charge in [0.05, 0.1) is 5.69 Å². The summed E-state index contributed by atoms with van der Waals surface area (Å²) in [6.45, 7) is 4.82. The van der Waals surface area contributed by atoms with Gasteiger partial charge in [0.1, 0.15) is 0 Å². The molecule has 1 aliphatic rings. The largest absolute Gasteiger partial charge is 0.449 e. The van der Waals surface area contributed by atoms with Crippen molar-refractivity contribution in [2.24, 2.45) is 4.99 Å². The first-order valence-corrected chi connectivity index (χ1v) is 7.38. The highest BCUT2D eigenvalue weighted by atomic mass is 35.5. The van der Waals surface area contributed by atoms with E-state index in [0.29, 0.717) is 11.0 Å². The Hall–Kier alpha value is -2.00. The maximum atomic E-state index is 6.17. The van der Waals surface area contributed by atoms with Gasteiger partial charge in [-0.05, 0) is 37.6 Å². The lowest BCUT2D eigenvalue weighted by atomic mass is 9.86. The number of rotatable bonds is 2. The summed E-state index contributed by atoms with van der Waals surface area (Å²) in [6.07, 6.45) is 0. The molecule has 21 heavy (non-hydrogen) atoms. The van der Waals surface area contributed by atoms with Gasteiger partial charge >= 0.3 is 0 Å². The van der Waals surface area contributed by atoms with Gasteiger partial charge in [-0.25, -0.2) is 0 Å². The van der Waals surface area contributed by atoms with E-state index in [1.165, 1.54) is 0 Å². The van der Waals surface area contributed by atoms with E-state index in [2.05, 4.69) is 22.4 Å². The standard InChI is InChI=1S/C17H17ClN2O/c1-3-19-16-20-15-10-9-13(18)11-14(15)17(2,21-16)12-7-5-4-6-8-12/h4-11H,3H2,1-2H3,(H,19,20)/t17-/m1/s1. The van der Waals surface area contributed by atoms with Gasteiger partial charge in [0.15, 0.2) is 5.60 Å². The van der Waals surface area contributed by atoms with E-state index in [0.717, 1.165) is 23.4 Å². The highest BCUT2D eigenvalue weighted by molar-refractivity contribution is 6.30. The Morgan fingerprint density at radius 2 is 1.95 bits per heavy atom. The second-order valence-electron chi connectivity index (χ2n) is 5.11. The third kappa shape index (κ3) is 2.49. The smallest absolute Gasteiger partial charge is 0.291 e. The first-order valence-electron chi connectivity index (χ1n) is 7.00. The molecule has 1 aliphatic heterocycles. The minimum Gasteiger partial charge on any atom is -0.449 e. The molecule has 0 unspecified atom stereocenters. The van der Waals surface area contributed by atoms with Gasteiger partial charge in [-0.1, -0.05) is 41.9 Å². The summed E-state index contributed by atoms with van der Waals surface area (Å²) < 4.78 is 6.16. The van der Waals surface area contributed by atoms with Crippen LogP contribution in [0.1, 0.15) is 25.0 Å². The molecule has 4 heteroatoms. The number of nitrogens with zero attached hydrogens (tertiary/aromatic N) is 1. The highest BCUT2D eigenvalue weighted by Gasteiger charge is 2.37. The third-order valence-corrected chi connectivity index (χ3v) is 3.88. The minimum atomic E-state index is -0.610. The van der Waals surface area contributed by atoms with Crippen LogP contribution in [0.3, 0.4) is 0 Å². The van der Waals surface area contributed by atoms with Crippen molar-refractivity contribution in [3.8, 4) is 0 Å². The Kier molecular flexibility index (Phi) is 3.60. The van der Waals surface area contributed by atoms with Gasteiger partial charge < -0.3 is 10.1 Å². The molecule has 3 nitrogen and oxygen atoms in total. The Labute approximate surface area is 129 Å². The number of hydrogen-bond acceptors (Lipinski definition) is 3. The molecular formula is C17H17ClN2O. The molecule has 1 atom stereocenters. The quantitative estimate of drug-likeness (QED) is 0.900. The van der Waals surface area contributed by atoms with Crippen LogP contribution < -0.4 is 5.32 Å². The van der Waals surface area contributed by atoms with Crippen molar-refractivity contribution >= 4 is 23.3 Å². The summed E-state index contributed by atoms with van der Waals surface area (Å²) in [5.74, 6) is 0. The zero-order valence-electron chi connectivity index (χ0n) is 12.1. The van der Waals surface area contributed by atoms with Gasteiger partial charge in [0, 0.05) is 17.1 Å². The Bertz CT molecular complexity index is 684. The molecule has 0 fully saturated rings. The number of aliphatic imine (C=N–C) groups is 1. The molecule has 108 valence electrons. The number of benzene rings is 2. The van der Waals surface area contributed by atoms with Crippen molar-refractivity contribution < 1.29 is 4.74 Å². The summed E-state index contributed by atoms with van der Waals surface area (Å²) in [6, 6.07) is 16.4. The molecule has 2 aromatic rings. The fourth-order valence-electron chi connectivity index (χ4n) is 2.57. The first-order chi connectivity index (χ1) is 10.1. The average Bonchev–Trinajstić information content (AvgIpc) is 2.49. The lowest BCUT2D eigenvalue weighted by Crippen LogP contribution is -2.39. The monoisotopic (exact) mass is 300 g/mol. The fraction of sp³-hybridized carbons (Fsp3) is 0.235. The molecule has 0 saturated heterocycles. The van der Waals surface area contributed by atoms with Crippen molar-refractivity contribution in [1.29, 1.82) is 0 Å². The number of halogens is 1. The maximum absolute atomic E-state index is 6.17. The van der Waals surface area contributed by atoms with E-state index >= 15 is 0 Å². The van der Waals surface area contributed by atoms with Crippen LogP contribution in [0.4, 0.5) is 5.69 Å². The molecule has 0 radical (unpaired) electrons. The van der Waals surface area contributed by atoms with Crippen LogP contribution in [0.2, 0.25) is 5.02 Å². The van der Waals surface area contributed by atoms with E-state index in [1.54, 1.807) is 0 Å². The molecule has 0 bridgehead atoms. The topological polar surface area (TPSA) is 33.6 Å². The summed E-state index contributed by atoms with van der Waals surface area (Å²) in [5, 5.41) is 3.84. The number of amidine groups is 1. The average molecular weight is 301 g/mol. The number of nitrogens with one attached hydrogen (secondary N) is 1. The van der Waals surface area contributed by atoms with E-state index in [1.807, 2.05) is 50.2 Å². The van der Waals surface area contributed by atoms with Crippen molar-refractivity contribution in [2.45, 2.75) is 19.4 Å². The van der Waals surface area contributed by atoms with Crippen LogP contribution in [0.5, 0.6) is 0 Å². The molecule has 0 aliphatic carbocycles. The van der Waals surface area contributed by atoms with E-state index < -0.39 is 5.60 Å². The zero-order valence-corrected chi connectivity index (χ0v) is 12.8. The first kappa shape index (κ1) is 14.0. The van der Waals surface area contributed by atoms with Gasteiger partial charge in [0.25, 0.3) is 6.02 Å². The molecule has 3 rings (SSSR count). The van der Waals surface area contributed by atoms with E-state index in [4.69, 9.17) is 16.3 Å². The van der Waals surface area contributed by atoms with Crippen molar-refractivity contribution in [3.05, 3.63) is 64.7 Å². The molecule has 1 N–H and O–H groups in total. The molecule has 0 spiro atoms.